The van der Waals surface area contributed by atoms with Gasteiger partial charge >= 0.3 is 0 Å². The number of sulfonamides is 1. The Kier molecular flexibility index (Phi) is 5.39. The number of anilines is 1. The molecule has 1 heterocycles. The molecule has 2 N–H and O–H groups in total. The van der Waals surface area contributed by atoms with Crippen molar-refractivity contribution in [3.8, 4) is 0 Å². The largest absolute Gasteiger partial charge is 0.369 e. The highest BCUT2D eigenvalue weighted by Gasteiger charge is 2.21. The van der Waals surface area contributed by atoms with Gasteiger partial charge in [0.1, 0.15) is 4.90 Å². The first-order valence-electron chi connectivity index (χ1n) is 7.19. The molecule has 6 heteroatoms. The standard InChI is InChI=1S/C14H23N3O2S/c1-2-8-16-20(18,19)14-7-4-3-6-13(14)17-11-5-9-15-10-12-17/h3-4,6-7,15-16H,2,5,8-12H2,1H3. The van der Waals surface area contributed by atoms with Crippen LogP contribution in [0, 0.1) is 0 Å². The van der Waals surface area contributed by atoms with Gasteiger partial charge in [0, 0.05) is 26.2 Å². The summed E-state index contributed by atoms with van der Waals surface area (Å²) < 4.78 is 27.4. The van der Waals surface area contributed by atoms with Gasteiger partial charge in [0.05, 0.1) is 5.69 Å². The average Bonchev–Trinajstić information content (AvgIpc) is 2.74. The number of nitrogens with one attached hydrogen (secondary N) is 2. The summed E-state index contributed by atoms with van der Waals surface area (Å²) >= 11 is 0. The zero-order valence-corrected chi connectivity index (χ0v) is 12.7. The lowest BCUT2D eigenvalue weighted by Gasteiger charge is -2.25. The van der Waals surface area contributed by atoms with E-state index in [-0.39, 0.29) is 0 Å². The van der Waals surface area contributed by atoms with Crippen molar-refractivity contribution in [2.45, 2.75) is 24.7 Å². The molecule has 0 amide bonds. The van der Waals surface area contributed by atoms with E-state index in [1.807, 2.05) is 19.1 Å². The predicted molar refractivity (Wildman–Crippen MR) is 81.6 cm³/mol. The summed E-state index contributed by atoms with van der Waals surface area (Å²) in [6.45, 7) is 6.01. The third kappa shape index (κ3) is 3.71. The van der Waals surface area contributed by atoms with E-state index in [1.165, 1.54) is 0 Å². The molecular weight excluding hydrogens is 274 g/mol. The maximum Gasteiger partial charge on any atom is 0.242 e. The van der Waals surface area contributed by atoms with Crippen LogP contribution >= 0.6 is 0 Å². The molecule has 0 saturated carbocycles. The molecule has 1 saturated heterocycles. The Balaban J connectivity index is 2.29. The van der Waals surface area contributed by atoms with Gasteiger partial charge in [-0.1, -0.05) is 19.1 Å². The van der Waals surface area contributed by atoms with E-state index >= 15 is 0 Å². The smallest absolute Gasteiger partial charge is 0.242 e. The minimum absolute atomic E-state index is 0.385. The Bertz CT molecular complexity index is 523. The SMILES string of the molecule is CCCNS(=O)(=O)c1ccccc1N1CCCNCC1. The van der Waals surface area contributed by atoms with Gasteiger partial charge in [-0.05, 0) is 31.5 Å². The number of hydrogen-bond donors (Lipinski definition) is 2. The van der Waals surface area contributed by atoms with E-state index in [9.17, 15) is 8.42 Å². The quantitative estimate of drug-likeness (QED) is 0.856. The van der Waals surface area contributed by atoms with Gasteiger partial charge in [-0.25, -0.2) is 13.1 Å². The molecule has 0 unspecified atom stereocenters. The molecule has 0 spiro atoms. The van der Waals surface area contributed by atoms with Crippen molar-refractivity contribution < 1.29 is 8.42 Å². The lowest BCUT2D eigenvalue weighted by molar-refractivity contribution is 0.580. The van der Waals surface area contributed by atoms with Gasteiger partial charge in [0.15, 0.2) is 0 Å². The van der Waals surface area contributed by atoms with Crippen LogP contribution < -0.4 is 14.9 Å². The first-order chi connectivity index (χ1) is 9.65. The summed E-state index contributed by atoms with van der Waals surface area (Å²) in [4.78, 5) is 2.54. The van der Waals surface area contributed by atoms with Crippen LogP contribution in [0.3, 0.4) is 0 Å². The molecule has 5 nitrogen and oxygen atoms in total. The summed E-state index contributed by atoms with van der Waals surface area (Å²) in [5, 5.41) is 3.33. The summed E-state index contributed by atoms with van der Waals surface area (Å²) in [5.41, 5.74) is 0.805. The lowest BCUT2D eigenvalue weighted by Crippen LogP contribution is -2.31. The van der Waals surface area contributed by atoms with Crippen molar-refractivity contribution in [2.75, 3.05) is 37.6 Å². The second-order valence-electron chi connectivity index (χ2n) is 4.96. The maximum atomic E-state index is 12.4. The summed E-state index contributed by atoms with van der Waals surface area (Å²) in [5.74, 6) is 0. The van der Waals surface area contributed by atoms with Crippen LogP contribution in [-0.2, 0) is 10.0 Å². The van der Waals surface area contributed by atoms with Crippen molar-refractivity contribution >= 4 is 15.7 Å². The van der Waals surface area contributed by atoms with E-state index in [1.54, 1.807) is 12.1 Å². The van der Waals surface area contributed by atoms with E-state index in [4.69, 9.17) is 0 Å². The second-order valence-corrected chi connectivity index (χ2v) is 6.69. The average molecular weight is 297 g/mol. The lowest BCUT2D eigenvalue weighted by atomic mass is 10.2. The Morgan fingerprint density at radius 2 is 2.05 bits per heavy atom. The number of rotatable bonds is 5. The van der Waals surface area contributed by atoms with Gasteiger partial charge in [0.2, 0.25) is 10.0 Å². The first kappa shape index (κ1) is 15.3. The Morgan fingerprint density at radius 1 is 1.25 bits per heavy atom. The van der Waals surface area contributed by atoms with E-state index in [0.717, 1.165) is 44.7 Å². The van der Waals surface area contributed by atoms with Gasteiger partial charge < -0.3 is 10.2 Å². The number of para-hydroxylation sites is 1. The molecular formula is C14H23N3O2S. The second kappa shape index (κ2) is 7.06. The predicted octanol–water partition coefficient (Wildman–Crippen LogP) is 1.17. The monoisotopic (exact) mass is 297 g/mol. The molecule has 112 valence electrons. The van der Waals surface area contributed by atoms with Crippen LogP contribution in [0.5, 0.6) is 0 Å². The number of benzene rings is 1. The van der Waals surface area contributed by atoms with Crippen LogP contribution in [0.25, 0.3) is 0 Å². The molecule has 1 aliphatic heterocycles. The molecule has 0 radical (unpaired) electrons. The van der Waals surface area contributed by atoms with Crippen LogP contribution in [0.4, 0.5) is 5.69 Å². The molecule has 1 aromatic rings. The Labute approximate surface area is 121 Å². The summed E-state index contributed by atoms with van der Waals surface area (Å²) in [6, 6.07) is 7.25. The molecule has 1 fully saturated rings. The van der Waals surface area contributed by atoms with Gasteiger partial charge in [0.25, 0.3) is 0 Å². The van der Waals surface area contributed by atoms with Crippen molar-refractivity contribution in [1.82, 2.24) is 10.0 Å². The third-order valence-electron chi connectivity index (χ3n) is 3.38. The summed E-state index contributed by atoms with van der Waals surface area (Å²) in [7, 11) is -3.43. The van der Waals surface area contributed by atoms with E-state index in [2.05, 4.69) is 14.9 Å². The Hall–Kier alpha value is -1.11. The highest BCUT2D eigenvalue weighted by Crippen LogP contribution is 2.25. The van der Waals surface area contributed by atoms with Crippen LogP contribution in [0.15, 0.2) is 29.2 Å². The van der Waals surface area contributed by atoms with Crippen LogP contribution in [0.1, 0.15) is 19.8 Å². The molecule has 0 aromatic heterocycles. The molecule has 1 aromatic carbocycles. The van der Waals surface area contributed by atoms with Gasteiger partial charge in [-0.3, -0.25) is 0 Å². The van der Waals surface area contributed by atoms with Crippen molar-refractivity contribution in [3.63, 3.8) is 0 Å². The zero-order valence-electron chi connectivity index (χ0n) is 11.9. The van der Waals surface area contributed by atoms with Gasteiger partial charge in [-0.2, -0.15) is 0 Å². The zero-order chi connectivity index (χ0) is 14.4. The fraction of sp³-hybridized carbons (Fsp3) is 0.571. The Morgan fingerprint density at radius 3 is 2.85 bits per heavy atom. The number of nitrogens with zero attached hydrogens (tertiary/aromatic N) is 1. The number of hydrogen-bond acceptors (Lipinski definition) is 4. The first-order valence-corrected chi connectivity index (χ1v) is 8.68. The highest BCUT2D eigenvalue weighted by molar-refractivity contribution is 7.89. The van der Waals surface area contributed by atoms with E-state index in [0.29, 0.717) is 11.4 Å². The third-order valence-corrected chi connectivity index (χ3v) is 4.89. The topological polar surface area (TPSA) is 61.4 Å². The molecule has 20 heavy (non-hydrogen) atoms. The molecule has 0 bridgehead atoms. The van der Waals surface area contributed by atoms with Crippen LogP contribution in [0.2, 0.25) is 0 Å². The molecule has 1 aliphatic rings. The highest BCUT2D eigenvalue weighted by atomic mass is 32.2. The summed E-state index contributed by atoms with van der Waals surface area (Å²) in [6.07, 6.45) is 1.81. The van der Waals surface area contributed by atoms with Crippen LogP contribution in [-0.4, -0.2) is 41.1 Å². The fourth-order valence-corrected chi connectivity index (χ4v) is 3.71. The molecule has 2 rings (SSSR count). The van der Waals surface area contributed by atoms with Crippen molar-refractivity contribution in [3.05, 3.63) is 24.3 Å². The molecule has 0 atom stereocenters. The van der Waals surface area contributed by atoms with Crippen molar-refractivity contribution in [1.29, 1.82) is 0 Å². The van der Waals surface area contributed by atoms with Gasteiger partial charge in [-0.15, -0.1) is 0 Å². The minimum atomic E-state index is -3.43. The fourth-order valence-electron chi connectivity index (χ4n) is 2.35. The van der Waals surface area contributed by atoms with E-state index < -0.39 is 10.0 Å². The molecule has 0 aliphatic carbocycles. The van der Waals surface area contributed by atoms with Crippen molar-refractivity contribution in [2.24, 2.45) is 0 Å². The maximum absolute atomic E-state index is 12.4. The minimum Gasteiger partial charge on any atom is -0.369 e. The normalized spacial score (nSPS) is 16.9.